The van der Waals surface area contributed by atoms with Gasteiger partial charge < -0.3 is 15.1 Å². The summed E-state index contributed by atoms with van der Waals surface area (Å²) in [6.45, 7) is 3.92. The van der Waals surface area contributed by atoms with E-state index in [0.29, 0.717) is 15.9 Å². The second-order valence-corrected chi connectivity index (χ2v) is 9.00. The quantitative estimate of drug-likeness (QED) is 0.838. The lowest BCUT2D eigenvalue weighted by atomic mass is 9.95. The molecule has 2 unspecified atom stereocenters. The fourth-order valence-corrected chi connectivity index (χ4v) is 5.23. The molecule has 1 N–H and O–H groups in total. The maximum absolute atomic E-state index is 13.8. The van der Waals surface area contributed by atoms with Crippen LogP contribution in [-0.2, 0) is 4.79 Å². The number of likely N-dealkylation sites (tertiary alicyclic amines) is 2. The molecule has 2 fully saturated rings. The Morgan fingerprint density at radius 2 is 2.11 bits per heavy atom. The van der Waals surface area contributed by atoms with Crippen molar-refractivity contribution in [2.75, 3.05) is 38.5 Å². The smallest absolute Gasteiger partial charge is 0.230 e. The van der Waals surface area contributed by atoms with Crippen LogP contribution in [0, 0.1) is 17.6 Å². The number of likely N-dealkylation sites (N-methyl/N-ethyl adjacent to an activating group) is 1. The van der Waals surface area contributed by atoms with Crippen molar-refractivity contribution in [1.82, 2.24) is 14.8 Å². The van der Waals surface area contributed by atoms with Crippen molar-refractivity contribution in [3.8, 4) is 0 Å². The Kier molecular flexibility index (Phi) is 5.89. The van der Waals surface area contributed by atoms with E-state index in [4.69, 9.17) is 0 Å². The van der Waals surface area contributed by atoms with Gasteiger partial charge in [0.25, 0.3) is 0 Å². The Morgan fingerprint density at radius 3 is 2.93 bits per heavy atom. The highest BCUT2D eigenvalue weighted by Gasteiger charge is 2.29. The van der Waals surface area contributed by atoms with E-state index in [1.54, 1.807) is 0 Å². The number of benzene rings is 1. The third-order valence-corrected chi connectivity index (χ3v) is 6.83. The van der Waals surface area contributed by atoms with Gasteiger partial charge in [-0.05, 0) is 51.9 Å². The Hall–Kier alpha value is -1.64. The minimum atomic E-state index is -0.702. The van der Waals surface area contributed by atoms with E-state index < -0.39 is 11.6 Å². The summed E-state index contributed by atoms with van der Waals surface area (Å²) in [5, 5.41) is 3.15. The van der Waals surface area contributed by atoms with Crippen LogP contribution in [0.2, 0.25) is 0 Å². The molecule has 1 aromatic heterocycles. The van der Waals surface area contributed by atoms with Crippen molar-refractivity contribution >= 4 is 32.6 Å². The first kappa shape index (κ1) is 19.7. The van der Waals surface area contributed by atoms with Gasteiger partial charge >= 0.3 is 0 Å². The first-order valence-corrected chi connectivity index (χ1v) is 10.8. The molecule has 1 aromatic carbocycles. The minimum absolute atomic E-state index is 0.0818. The summed E-state index contributed by atoms with van der Waals surface area (Å²) in [6, 6.07) is 2.63. The van der Waals surface area contributed by atoms with Crippen molar-refractivity contribution in [2.45, 2.75) is 38.1 Å². The number of fused-ring (bicyclic) bond motifs is 1. The molecule has 2 aliphatic rings. The summed E-state index contributed by atoms with van der Waals surface area (Å²) in [5.41, 5.74) is 0.104. The van der Waals surface area contributed by atoms with Crippen LogP contribution in [0.5, 0.6) is 0 Å². The molecule has 28 heavy (non-hydrogen) atoms. The highest BCUT2D eigenvalue weighted by molar-refractivity contribution is 7.22. The molecule has 1 amide bonds. The number of nitrogens with zero attached hydrogens (tertiary/aromatic N) is 3. The zero-order valence-electron chi connectivity index (χ0n) is 16.1. The predicted octanol–water partition coefficient (Wildman–Crippen LogP) is 3.71. The van der Waals surface area contributed by atoms with Crippen LogP contribution in [0.15, 0.2) is 12.1 Å². The monoisotopic (exact) mass is 408 g/mol. The molecule has 0 aliphatic carbocycles. The van der Waals surface area contributed by atoms with Gasteiger partial charge in [0, 0.05) is 25.2 Å². The average molecular weight is 409 g/mol. The van der Waals surface area contributed by atoms with E-state index in [0.717, 1.165) is 56.4 Å². The van der Waals surface area contributed by atoms with Gasteiger partial charge in [-0.3, -0.25) is 4.79 Å². The summed E-state index contributed by atoms with van der Waals surface area (Å²) < 4.78 is 27.6. The van der Waals surface area contributed by atoms with Crippen molar-refractivity contribution in [3.63, 3.8) is 0 Å². The zero-order chi connectivity index (χ0) is 19.7. The molecular weight excluding hydrogens is 382 g/mol. The average Bonchev–Trinajstić information content (AvgIpc) is 3.06. The largest absolute Gasteiger partial charge is 0.302 e. The molecule has 5 nitrogen and oxygen atoms in total. The molecular formula is C20H26F2N4OS. The SMILES string of the molecule is CN1CCCCC1CN1CCCC(C(=O)Nc2nc3c(F)cc(F)cc3s2)C1. The van der Waals surface area contributed by atoms with Gasteiger partial charge in [0.05, 0.1) is 10.6 Å². The molecule has 0 radical (unpaired) electrons. The molecule has 8 heteroatoms. The number of hydrogen-bond acceptors (Lipinski definition) is 5. The fourth-order valence-electron chi connectivity index (χ4n) is 4.33. The van der Waals surface area contributed by atoms with Crippen LogP contribution in [0.1, 0.15) is 32.1 Å². The van der Waals surface area contributed by atoms with Gasteiger partial charge in [0.15, 0.2) is 10.9 Å². The Balaban J connectivity index is 1.38. The molecule has 2 aliphatic heterocycles. The number of carbonyl (C=O) groups excluding carboxylic acids is 1. The lowest BCUT2D eigenvalue weighted by molar-refractivity contribution is -0.121. The molecule has 2 aromatic rings. The Bertz CT molecular complexity index is 858. The van der Waals surface area contributed by atoms with Crippen molar-refractivity contribution in [3.05, 3.63) is 23.8 Å². The number of piperidine rings is 2. The molecule has 2 atom stereocenters. The van der Waals surface area contributed by atoms with Gasteiger partial charge in [-0.1, -0.05) is 17.8 Å². The first-order chi connectivity index (χ1) is 13.5. The summed E-state index contributed by atoms with van der Waals surface area (Å²) >= 11 is 1.10. The van der Waals surface area contributed by atoms with E-state index in [1.807, 2.05) is 0 Å². The third-order valence-electron chi connectivity index (χ3n) is 5.91. The Morgan fingerprint density at radius 1 is 1.25 bits per heavy atom. The minimum Gasteiger partial charge on any atom is -0.302 e. The fraction of sp³-hybridized carbons (Fsp3) is 0.600. The number of amides is 1. The van der Waals surface area contributed by atoms with E-state index in [9.17, 15) is 13.6 Å². The summed E-state index contributed by atoms with van der Waals surface area (Å²) in [7, 11) is 2.19. The van der Waals surface area contributed by atoms with Gasteiger partial charge in [-0.25, -0.2) is 13.8 Å². The highest BCUT2D eigenvalue weighted by Crippen LogP contribution is 2.29. The van der Waals surface area contributed by atoms with Crippen LogP contribution in [0.25, 0.3) is 10.2 Å². The maximum Gasteiger partial charge on any atom is 0.230 e. The second-order valence-electron chi connectivity index (χ2n) is 7.97. The summed E-state index contributed by atoms with van der Waals surface area (Å²) in [4.78, 5) is 21.7. The molecule has 2 saturated heterocycles. The lowest BCUT2D eigenvalue weighted by Crippen LogP contribution is -2.48. The normalized spacial score (nSPS) is 24.5. The number of aromatic nitrogens is 1. The summed E-state index contributed by atoms with van der Waals surface area (Å²) in [5.74, 6) is -1.52. The topological polar surface area (TPSA) is 48.5 Å². The molecule has 0 saturated carbocycles. The van der Waals surface area contributed by atoms with Crippen molar-refractivity contribution < 1.29 is 13.6 Å². The summed E-state index contributed by atoms with van der Waals surface area (Å²) in [6.07, 6.45) is 5.61. The van der Waals surface area contributed by atoms with E-state index in [2.05, 4.69) is 27.1 Å². The second kappa shape index (κ2) is 8.39. The zero-order valence-corrected chi connectivity index (χ0v) is 16.9. The van der Waals surface area contributed by atoms with Gasteiger partial charge in [0.1, 0.15) is 11.3 Å². The van der Waals surface area contributed by atoms with E-state index in [-0.39, 0.29) is 17.3 Å². The third kappa shape index (κ3) is 4.34. The van der Waals surface area contributed by atoms with Gasteiger partial charge in [0.2, 0.25) is 5.91 Å². The lowest BCUT2D eigenvalue weighted by Gasteiger charge is -2.39. The molecule has 3 heterocycles. The highest BCUT2D eigenvalue weighted by atomic mass is 32.1. The van der Waals surface area contributed by atoms with Gasteiger partial charge in [-0.2, -0.15) is 0 Å². The molecule has 0 bridgehead atoms. The predicted molar refractivity (Wildman–Crippen MR) is 108 cm³/mol. The molecule has 0 spiro atoms. The van der Waals surface area contributed by atoms with Crippen LogP contribution in [0.4, 0.5) is 13.9 Å². The number of carbonyl (C=O) groups is 1. The molecule has 4 rings (SSSR count). The number of halogens is 2. The maximum atomic E-state index is 13.8. The van der Waals surface area contributed by atoms with E-state index in [1.165, 1.54) is 25.3 Å². The van der Waals surface area contributed by atoms with Gasteiger partial charge in [-0.15, -0.1) is 0 Å². The first-order valence-electron chi connectivity index (χ1n) is 9.98. The number of anilines is 1. The number of thiazole rings is 1. The van der Waals surface area contributed by atoms with Crippen molar-refractivity contribution in [1.29, 1.82) is 0 Å². The van der Waals surface area contributed by atoms with Crippen LogP contribution in [-0.4, -0.2) is 60.0 Å². The van der Waals surface area contributed by atoms with Crippen molar-refractivity contribution in [2.24, 2.45) is 5.92 Å². The standard InChI is InChI=1S/C20H26F2N4OS/c1-25-7-3-2-6-15(25)12-26-8-4-5-13(11-26)19(27)24-20-23-18-16(22)9-14(21)10-17(18)28-20/h9-10,13,15H,2-8,11-12H2,1H3,(H,23,24,27). The molecule has 152 valence electrons. The van der Waals surface area contributed by atoms with Crippen LogP contribution >= 0.6 is 11.3 Å². The number of rotatable bonds is 4. The van der Waals surface area contributed by atoms with Crippen LogP contribution < -0.4 is 5.32 Å². The number of hydrogen-bond donors (Lipinski definition) is 1. The van der Waals surface area contributed by atoms with E-state index >= 15 is 0 Å². The van der Waals surface area contributed by atoms with Crippen LogP contribution in [0.3, 0.4) is 0 Å². The Labute approximate surface area is 167 Å². The number of nitrogens with one attached hydrogen (secondary N) is 1.